The van der Waals surface area contributed by atoms with Gasteiger partial charge in [0.1, 0.15) is 0 Å². The number of hydrogen-bond donors (Lipinski definition) is 0. The molecule has 3 aromatic rings. The number of nitro groups is 1. The summed E-state index contributed by atoms with van der Waals surface area (Å²) in [7, 11) is -1.59. The summed E-state index contributed by atoms with van der Waals surface area (Å²) >= 11 is 1.27. The highest BCUT2D eigenvalue weighted by molar-refractivity contribution is 7.91. The molecule has 28 heavy (non-hydrogen) atoms. The molecule has 10 heteroatoms. The van der Waals surface area contributed by atoms with Crippen molar-refractivity contribution in [2.75, 3.05) is 5.75 Å². The van der Waals surface area contributed by atoms with Gasteiger partial charge in [-0.1, -0.05) is 30.4 Å². The number of nitrogens with zero attached hydrogens (tertiary/aromatic N) is 3. The van der Waals surface area contributed by atoms with Gasteiger partial charge in [0, 0.05) is 19.2 Å². The highest BCUT2D eigenvalue weighted by Crippen LogP contribution is 2.22. The molecule has 1 amide bonds. The molecule has 0 aliphatic carbocycles. The number of rotatable bonds is 5. The molecule has 0 bridgehead atoms. The molecule has 1 aromatic heterocycles. The average molecular weight is 419 g/mol. The first kappa shape index (κ1) is 19.9. The third-order valence-electron chi connectivity index (χ3n) is 4.24. The van der Waals surface area contributed by atoms with Gasteiger partial charge in [-0.2, -0.15) is 4.99 Å². The molecule has 0 saturated carbocycles. The Morgan fingerprint density at radius 2 is 1.89 bits per heavy atom. The number of carbonyl (C=O) groups is 1. The Kier molecular flexibility index (Phi) is 5.43. The van der Waals surface area contributed by atoms with Crippen LogP contribution in [0.5, 0.6) is 0 Å². The Morgan fingerprint density at radius 1 is 1.21 bits per heavy atom. The summed E-state index contributed by atoms with van der Waals surface area (Å²) in [5.74, 6) is -0.371. The monoisotopic (exact) mass is 419 g/mol. The number of amides is 1. The SMILES string of the molecule is CCS(=O)(=O)c1ccc(CC(=O)N=c2sc3ccc([N+](=O)[O-])cc3n2C)cc1. The largest absolute Gasteiger partial charge is 0.319 e. The van der Waals surface area contributed by atoms with Crippen LogP contribution in [0.4, 0.5) is 5.69 Å². The van der Waals surface area contributed by atoms with Gasteiger partial charge < -0.3 is 4.57 Å². The van der Waals surface area contributed by atoms with Crippen LogP contribution in [-0.2, 0) is 28.1 Å². The first-order valence-corrected chi connectivity index (χ1v) is 10.8. The minimum Gasteiger partial charge on any atom is -0.319 e. The van der Waals surface area contributed by atoms with Crippen molar-refractivity contribution in [2.45, 2.75) is 18.2 Å². The fraction of sp³-hybridized carbons (Fsp3) is 0.222. The Labute approximate surface area is 164 Å². The van der Waals surface area contributed by atoms with Gasteiger partial charge in [0.25, 0.3) is 11.6 Å². The summed E-state index contributed by atoms with van der Waals surface area (Å²) < 4.78 is 26.1. The van der Waals surface area contributed by atoms with E-state index in [-0.39, 0.29) is 28.7 Å². The van der Waals surface area contributed by atoms with E-state index in [0.717, 1.165) is 4.70 Å². The topological polar surface area (TPSA) is 112 Å². The molecule has 0 atom stereocenters. The molecule has 1 heterocycles. The van der Waals surface area contributed by atoms with Crippen LogP contribution >= 0.6 is 11.3 Å². The summed E-state index contributed by atoms with van der Waals surface area (Å²) in [5.41, 5.74) is 1.25. The maximum Gasteiger partial charge on any atom is 0.271 e. The summed E-state index contributed by atoms with van der Waals surface area (Å²) in [5, 5.41) is 10.9. The maximum atomic E-state index is 12.3. The molecule has 0 fully saturated rings. The van der Waals surface area contributed by atoms with Crippen LogP contribution in [0.2, 0.25) is 0 Å². The number of non-ortho nitro benzene ring substituents is 1. The van der Waals surface area contributed by atoms with Gasteiger partial charge in [0.15, 0.2) is 14.6 Å². The number of sulfone groups is 1. The molecule has 3 rings (SSSR count). The van der Waals surface area contributed by atoms with Crippen molar-refractivity contribution >= 4 is 43.0 Å². The molecule has 0 unspecified atom stereocenters. The molecule has 146 valence electrons. The smallest absolute Gasteiger partial charge is 0.271 e. The normalized spacial score (nSPS) is 12.4. The van der Waals surface area contributed by atoms with Crippen LogP contribution in [0, 0.1) is 10.1 Å². The van der Waals surface area contributed by atoms with Gasteiger partial charge in [-0.3, -0.25) is 14.9 Å². The van der Waals surface area contributed by atoms with Gasteiger partial charge in [-0.05, 0) is 23.8 Å². The Morgan fingerprint density at radius 3 is 2.50 bits per heavy atom. The Bertz CT molecular complexity index is 1240. The van der Waals surface area contributed by atoms with E-state index in [4.69, 9.17) is 0 Å². The molecule has 0 saturated heterocycles. The van der Waals surface area contributed by atoms with E-state index in [0.29, 0.717) is 15.9 Å². The minimum atomic E-state index is -3.28. The van der Waals surface area contributed by atoms with Crippen LogP contribution < -0.4 is 4.80 Å². The molecule has 0 N–H and O–H groups in total. The lowest BCUT2D eigenvalue weighted by Crippen LogP contribution is -2.14. The third kappa shape index (κ3) is 4.02. The highest BCUT2D eigenvalue weighted by atomic mass is 32.2. The zero-order valence-electron chi connectivity index (χ0n) is 15.2. The van der Waals surface area contributed by atoms with Crippen molar-refractivity contribution in [3.05, 3.63) is 62.9 Å². The fourth-order valence-electron chi connectivity index (χ4n) is 2.64. The quantitative estimate of drug-likeness (QED) is 0.466. The predicted octanol–water partition coefficient (Wildman–Crippen LogP) is 2.61. The van der Waals surface area contributed by atoms with E-state index in [1.807, 2.05) is 0 Å². The van der Waals surface area contributed by atoms with Crippen molar-refractivity contribution in [1.82, 2.24) is 4.57 Å². The van der Waals surface area contributed by atoms with Gasteiger partial charge in [0.2, 0.25) is 0 Å². The van der Waals surface area contributed by atoms with Crippen LogP contribution in [0.25, 0.3) is 10.2 Å². The minimum absolute atomic E-state index is 0.0151. The van der Waals surface area contributed by atoms with E-state index in [2.05, 4.69) is 4.99 Å². The van der Waals surface area contributed by atoms with E-state index >= 15 is 0 Å². The van der Waals surface area contributed by atoms with E-state index in [9.17, 15) is 23.3 Å². The van der Waals surface area contributed by atoms with Crippen LogP contribution in [-0.4, -0.2) is 29.6 Å². The standard InChI is InChI=1S/C18H17N3O5S2/c1-3-28(25,26)14-7-4-12(5-8-14)10-17(22)19-18-20(2)15-11-13(21(23)24)6-9-16(15)27-18/h4-9,11H,3,10H2,1-2H3. The first-order chi connectivity index (χ1) is 13.2. The molecular formula is C18H17N3O5S2. The van der Waals surface area contributed by atoms with Gasteiger partial charge in [-0.25, -0.2) is 8.42 Å². The van der Waals surface area contributed by atoms with E-state index < -0.39 is 14.8 Å². The third-order valence-corrected chi connectivity index (χ3v) is 7.10. The molecule has 0 radical (unpaired) electrons. The van der Waals surface area contributed by atoms with E-state index in [1.165, 1.54) is 35.6 Å². The number of fused-ring (bicyclic) bond motifs is 1. The summed E-state index contributed by atoms with van der Waals surface area (Å²) in [6, 6.07) is 10.7. The van der Waals surface area contributed by atoms with Gasteiger partial charge in [-0.15, -0.1) is 0 Å². The number of aryl methyl sites for hydroxylation is 1. The van der Waals surface area contributed by atoms with E-state index in [1.54, 1.807) is 36.7 Å². The van der Waals surface area contributed by atoms with Crippen molar-refractivity contribution in [2.24, 2.45) is 12.0 Å². The van der Waals surface area contributed by atoms with Gasteiger partial charge >= 0.3 is 0 Å². The van der Waals surface area contributed by atoms with Crippen molar-refractivity contribution in [3.8, 4) is 0 Å². The van der Waals surface area contributed by atoms with Crippen LogP contribution in [0.1, 0.15) is 12.5 Å². The van der Waals surface area contributed by atoms with Crippen molar-refractivity contribution in [3.63, 3.8) is 0 Å². The Balaban J connectivity index is 1.87. The fourth-order valence-corrected chi connectivity index (χ4v) is 4.54. The summed E-state index contributed by atoms with van der Waals surface area (Å²) in [6.07, 6.45) is 0.0286. The number of carbonyl (C=O) groups excluding carboxylic acids is 1. The lowest BCUT2D eigenvalue weighted by atomic mass is 10.1. The molecule has 0 aliphatic rings. The molecule has 0 aliphatic heterocycles. The molecule has 2 aromatic carbocycles. The highest BCUT2D eigenvalue weighted by Gasteiger charge is 2.13. The number of benzene rings is 2. The van der Waals surface area contributed by atoms with Gasteiger partial charge in [0.05, 0.1) is 32.2 Å². The maximum absolute atomic E-state index is 12.3. The number of aromatic nitrogens is 1. The second-order valence-corrected chi connectivity index (χ2v) is 9.37. The second-order valence-electron chi connectivity index (χ2n) is 6.08. The number of nitro benzene ring substituents is 1. The Hall–Kier alpha value is -2.85. The predicted molar refractivity (Wildman–Crippen MR) is 106 cm³/mol. The van der Waals surface area contributed by atoms with Crippen LogP contribution in [0.3, 0.4) is 0 Å². The summed E-state index contributed by atoms with van der Waals surface area (Å²) in [6.45, 7) is 1.57. The summed E-state index contributed by atoms with van der Waals surface area (Å²) in [4.78, 5) is 27.6. The van der Waals surface area contributed by atoms with Crippen molar-refractivity contribution < 1.29 is 18.1 Å². The second kappa shape index (κ2) is 7.64. The lowest BCUT2D eigenvalue weighted by molar-refractivity contribution is -0.384. The van der Waals surface area contributed by atoms with Crippen LogP contribution in [0.15, 0.2) is 52.4 Å². The number of hydrogen-bond acceptors (Lipinski definition) is 6. The zero-order valence-corrected chi connectivity index (χ0v) is 16.8. The average Bonchev–Trinajstić information content (AvgIpc) is 2.97. The molecule has 8 nitrogen and oxygen atoms in total. The number of thiazole rings is 1. The zero-order chi connectivity index (χ0) is 20.5. The lowest BCUT2D eigenvalue weighted by Gasteiger charge is -2.02. The molecule has 0 spiro atoms. The first-order valence-electron chi connectivity index (χ1n) is 8.34. The van der Waals surface area contributed by atoms with Crippen molar-refractivity contribution in [1.29, 1.82) is 0 Å². The molecular weight excluding hydrogens is 402 g/mol.